The molecule has 2 aromatic rings. The number of hydrogen-bond donors (Lipinski definition) is 1. The third-order valence-electron chi connectivity index (χ3n) is 12.9. The molecule has 1 aliphatic heterocycles. The highest BCUT2D eigenvalue weighted by molar-refractivity contribution is 6.99. The van der Waals surface area contributed by atoms with Crippen LogP contribution in [0.4, 0.5) is 0 Å². The summed E-state index contributed by atoms with van der Waals surface area (Å²) in [4.78, 5) is 0. The number of hydrogen-bond acceptors (Lipinski definition) is 4. The van der Waals surface area contributed by atoms with Gasteiger partial charge in [0.1, 0.15) is 0 Å². The lowest BCUT2D eigenvalue weighted by Gasteiger charge is -2.57. The lowest BCUT2D eigenvalue weighted by Crippen LogP contribution is -2.66. The van der Waals surface area contributed by atoms with Gasteiger partial charge < -0.3 is 19.0 Å². The normalized spacial score (nSPS) is 36.1. The first-order valence-electron chi connectivity index (χ1n) is 17.2. The molecule has 1 heterocycles. The molecule has 0 aromatic heterocycles. The van der Waals surface area contributed by atoms with Gasteiger partial charge in [-0.1, -0.05) is 109 Å². The van der Waals surface area contributed by atoms with E-state index >= 15 is 0 Å². The minimum Gasteiger partial charge on any atom is -0.407 e. The van der Waals surface area contributed by atoms with Crippen LogP contribution >= 0.6 is 0 Å². The molecule has 6 rings (SSSR count). The molecule has 4 aliphatic rings. The first kappa shape index (κ1) is 31.5. The van der Waals surface area contributed by atoms with Gasteiger partial charge >= 0.3 is 0 Å². The zero-order valence-electron chi connectivity index (χ0n) is 27.6. The molecule has 0 amide bonds. The number of ether oxygens (including phenoxy) is 2. The predicted octanol–water partition coefficient (Wildman–Crippen LogP) is 7.33. The smallest absolute Gasteiger partial charge is 0.261 e. The molecule has 4 nitrogen and oxygen atoms in total. The number of rotatable bonds is 7. The average molecular weight is 605 g/mol. The fraction of sp³-hybridized carbons (Fsp3) is 0.684. The molecule has 43 heavy (non-hydrogen) atoms. The van der Waals surface area contributed by atoms with Crippen molar-refractivity contribution in [3.05, 3.63) is 60.7 Å². The van der Waals surface area contributed by atoms with E-state index in [-0.39, 0.29) is 27.9 Å². The third-order valence-corrected chi connectivity index (χ3v) is 17.9. The zero-order chi connectivity index (χ0) is 30.5. The monoisotopic (exact) mass is 604 g/mol. The Morgan fingerprint density at radius 1 is 0.837 bits per heavy atom. The molecule has 7 atom stereocenters. The molecular weight excluding hydrogens is 549 g/mol. The first-order valence-corrected chi connectivity index (χ1v) is 19.1. The highest BCUT2D eigenvalue weighted by Crippen LogP contribution is 2.65. The number of fused-ring (bicyclic) bond motifs is 2. The molecule has 1 N–H and O–H groups in total. The molecule has 3 saturated carbocycles. The van der Waals surface area contributed by atoms with Gasteiger partial charge in [-0.05, 0) is 83.0 Å². The maximum Gasteiger partial charge on any atom is 0.261 e. The van der Waals surface area contributed by atoms with E-state index in [2.05, 4.69) is 102 Å². The first-order chi connectivity index (χ1) is 20.5. The maximum absolute atomic E-state index is 12.2. The minimum atomic E-state index is -2.57. The Kier molecular flexibility index (Phi) is 8.56. The molecule has 0 bridgehead atoms. The fourth-order valence-corrected chi connectivity index (χ4v) is 15.0. The summed E-state index contributed by atoms with van der Waals surface area (Å²) in [5, 5.41) is 14.8. The Morgan fingerprint density at radius 2 is 1.42 bits per heavy atom. The Balaban J connectivity index is 1.25. The van der Waals surface area contributed by atoms with E-state index in [9.17, 15) is 5.11 Å². The largest absolute Gasteiger partial charge is 0.407 e. The van der Waals surface area contributed by atoms with E-state index in [1.54, 1.807) is 0 Å². The van der Waals surface area contributed by atoms with Crippen molar-refractivity contribution in [2.45, 2.75) is 110 Å². The topological polar surface area (TPSA) is 47.9 Å². The second-order valence-corrected chi connectivity index (χ2v) is 20.3. The zero-order valence-corrected chi connectivity index (χ0v) is 28.6. The van der Waals surface area contributed by atoms with Crippen molar-refractivity contribution in [1.29, 1.82) is 0 Å². The molecule has 2 unspecified atom stereocenters. The van der Waals surface area contributed by atoms with Gasteiger partial charge in [0, 0.05) is 18.4 Å². The van der Waals surface area contributed by atoms with Gasteiger partial charge in [-0.2, -0.15) is 0 Å². The summed E-state index contributed by atoms with van der Waals surface area (Å²) >= 11 is 0. The molecule has 2 aromatic carbocycles. The van der Waals surface area contributed by atoms with Gasteiger partial charge in [0.2, 0.25) is 0 Å². The Hall–Kier alpha value is -1.50. The van der Waals surface area contributed by atoms with Crippen LogP contribution in [0.1, 0.15) is 92.9 Å². The van der Waals surface area contributed by atoms with Crippen LogP contribution in [0.3, 0.4) is 0 Å². The van der Waals surface area contributed by atoms with Gasteiger partial charge in [-0.3, -0.25) is 0 Å². The summed E-state index contributed by atoms with van der Waals surface area (Å²) in [7, 11) is -2.57. The van der Waals surface area contributed by atoms with Crippen molar-refractivity contribution >= 4 is 18.7 Å². The van der Waals surface area contributed by atoms with E-state index in [4.69, 9.17) is 13.9 Å². The van der Waals surface area contributed by atoms with Gasteiger partial charge in [0.05, 0.1) is 19.3 Å². The van der Waals surface area contributed by atoms with Crippen LogP contribution in [-0.2, 0) is 13.9 Å². The van der Waals surface area contributed by atoms with Crippen LogP contribution in [0.15, 0.2) is 60.7 Å². The molecule has 5 heteroatoms. The summed E-state index contributed by atoms with van der Waals surface area (Å²) in [5.74, 6) is 1.33. The second kappa shape index (κ2) is 11.7. The standard InChI is InChI=1S/C38H56O4Si/c1-28-17-21-36(5,32-18-22-37(6)33(34(32)39)19-23-38(37)40-25-26-41-38)29(27-28)20-24-42-43(35(2,3)4,30-13-9-7-10-14-30)31-15-11-8-12-16-31/h7-16,28-29,32-34,39H,17-27H2,1-6H3/t28-,29-,32?,33?,34+,36-,37-/m0/s1. The molecular formula is C38H56O4Si. The van der Waals surface area contributed by atoms with Crippen LogP contribution in [0.2, 0.25) is 5.04 Å². The lowest BCUT2D eigenvalue weighted by molar-refractivity contribution is -0.250. The van der Waals surface area contributed by atoms with E-state index in [0.717, 1.165) is 38.7 Å². The van der Waals surface area contributed by atoms with E-state index in [1.807, 2.05) is 0 Å². The van der Waals surface area contributed by atoms with Gasteiger partial charge in [-0.15, -0.1) is 0 Å². The fourth-order valence-electron chi connectivity index (χ4n) is 10.4. The molecule has 4 fully saturated rings. The summed E-state index contributed by atoms with van der Waals surface area (Å²) in [6.45, 7) is 16.5. The van der Waals surface area contributed by atoms with Crippen molar-refractivity contribution in [2.24, 2.45) is 34.5 Å². The highest BCUT2D eigenvalue weighted by Gasteiger charge is 2.66. The molecule has 0 radical (unpaired) electrons. The number of aliphatic hydroxyl groups excluding tert-OH is 1. The van der Waals surface area contributed by atoms with E-state index in [1.165, 1.54) is 29.6 Å². The van der Waals surface area contributed by atoms with Crippen molar-refractivity contribution in [3.63, 3.8) is 0 Å². The summed E-state index contributed by atoms with van der Waals surface area (Å²) in [5.41, 5.74) is 0.00875. The van der Waals surface area contributed by atoms with E-state index < -0.39 is 14.1 Å². The second-order valence-electron chi connectivity index (χ2n) is 16.0. The van der Waals surface area contributed by atoms with Gasteiger partial charge in [0.25, 0.3) is 8.32 Å². The van der Waals surface area contributed by atoms with Crippen LogP contribution in [0, 0.1) is 34.5 Å². The van der Waals surface area contributed by atoms with Crippen molar-refractivity contribution in [2.75, 3.05) is 19.8 Å². The molecule has 1 saturated heterocycles. The number of aliphatic hydroxyl groups is 1. The average Bonchev–Trinajstić information content (AvgIpc) is 3.59. The Morgan fingerprint density at radius 3 is 2.00 bits per heavy atom. The molecule has 236 valence electrons. The van der Waals surface area contributed by atoms with Gasteiger partial charge in [0.15, 0.2) is 5.79 Å². The van der Waals surface area contributed by atoms with Gasteiger partial charge in [-0.25, -0.2) is 0 Å². The Bertz CT molecular complexity index is 1180. The Labute approximate surface area is 262 Å². The molecule has 3 aliphatic carbocycles. The maximum atomic E-state index is 12.2. The summed E-state index contributed by atoms with van der Waals surface area (Å²) in [6, 6.07) is 22.1. The minimum absolute atomic E-state index is 0.0221. The quantitative estimate of drug-likeness (QED) is 0.336. The van der Waals surface area contributed by atoms with Crippen molar-refractivity contribution < 1.29 is 19.0 Å². The van der Waals surface area contributed by atoms with Crippen molar-refractivity contribution in [3.8, 4) is 0 Å². The van der Waals surface area contributed by atoms with Crippen LogP contribution < -0.4 is 10.4 Å². The summed E-state index contributed by atoms with van der Waals surface area (Å²) in [6.07, 6.45) is 8.48. The lowest BCUT2D eigenvalue weighted by atomic mass is 9.50. The van der Waals surface area contributed by atoms with Crippen LogP contribution in [-0.4, -0.2) is 45.1 Å². The van der Waals surface area contributed by atoms with Crippen molar-refractivity contribution in [1.82, 2.24) is 0 Å². The van der Waals surface area contributed by atoms with Crippen LogP contribution in [0.25, 0.3) is 0 Å². The third kappa shape index (κ3) is 5.10. The summed E-state index contributed by atoms with van der Waals surface area (Å²) < 4.78 is 20.0. The van der Waals surface area contributed by atoms with E-state index in [0.29, 0.717) is 31.0 Å². The number of benzene rings is 2. The highest BCUT2D eigenvalue weighted by atomic mass is 28.4. The SMILES string of the molecule is C[C@H]1CC[C@](C)(C2CC[C@@]3(C)C(CCC34OCCO4)[C@@H]2O)[C@@H](CCO[Si](c2ccccc2)(c2ccccc2)C(C)(C)C)C1. The van der Waals surface area contributed by atoms with Crippen LogP contribution in [0.5, 0.6) is 0 Å². The predicted molar refractivity (Wildman–Crippen MR) is 177 cm³/mol. The molecule has 1 spiro atoms.